The van der Waals surface area contributed by atoms with Crippen molar-refractivity contribution in [2.24, 2.45) is 0 Å². The minimum atomic E-state index is -5.08. The Bertz CT molecular complexity index is 1160. The van der Waals surface area contributed by atoms with Gasteiger partial charge in [-0.05, 0) is 60.2 Å². The van der Waals surface area contributed by atoms with Gasteiger partial charge in [-0.1, -0.05) is 0 Å². The van der Waals surface area contributed by atoms with Gasteiger partial charge >= 0.3 is 12.1 Å². The molecular formula is C23H26F3N5O3S. The molecule has 1 amide bonds. The molecule has 2 aliphatic heterocycles. The van der Waals surface area contributed by atoms with E-state index in [0.717, 1.165) is 56.1 Å². The number of thiophene rings is 1. The molecule has 0 spiro atoms. The van der Waals surface area contributed by atoms with Gasteiger partial charge in [0, 0.05) is 32.1 Å². The van der Waals surface area contributed by atoms with Crippen LogP contribution < -0.4 is 4.90 Å². The van der Waals surface area contributed by atoms with Crippen LogP contribution in [0.25, 0.3) is 5.65 Å². The van der Waals surface area contributed by atoms with Crippen LogP contribution >= 0.6 is 11.3 Å². The number of rotatable bonds is 4. The van der Waals surface area contributed by atoms with Crippen molar-refractivity contribution in [1.29, 1.82) is 0 Å². The summed E-state index contributed by atoms with van der Waals surface area (Å²) in [6, 6.07) is 6.24. The molecule has 3 aromatic rings. The van der Waals surface area contributed by atoms with Crippen molar-refractivity contribution < 1.29 is 27.9 Å². The highest BCUT2D eigenvalue weighted by molar-refractivity contribution is 7.08. The van der Waals surface area contributed by atoms with Crippen LogP contribution in [0.15, 0.2) is 35.2 Å². The molecule has 12 heteroatoms. The zero-order valence-electron chi connectivity index (χ0n) is 18.9. The number of hydrogen-bond donors (Lipinski definition) is 1. The Labute approximate surface area is 204 Å². The molecule has 2 aliphatic rings. The van der Waals surface area contributed by atoms with E-state index in [1.165, 1.54) is 18.5 Å². The van der Waals surface area contributed by atoms with E-state index in [0.29, 0.717) is 6.42 Å². The molecular weight excluding hydrogens is 483 g/mol. The summed E-state index contributed by atoms with van der Waals surface area (Å²) in [6.07, 6.45) is 2.08. The molecule has 5 heterocycles. The number of pyridine rings is 1. The summed E-state index contributed by atoms with van der Waals surface area (Å²) in [7, 11) is 0. The lowest BCUT2D eigenvalue weighted by Crippen LogP contribution is -2.40. The summed E-state index contributed by atoms with van der Waals surface area (Å²) in [5.74, 6) is -1.46. The fourth-order valence-corrected chi connectivity index (χ4v) is 4.99. The zero-order valence-corrected chi connectivity index (χ0v) is 19.8. The number of nitrogens with zero attached hydrogens (tertiary/aromatic N) is 5. The van der Waals surface area contributed by atoms with Crippen molar-refractivity contribution in [3.8, 4) is 0 Å². The smallest absolute Gasteiger partial charge is 0.475 e. The van der Waals surface area contributed by atoms with Crippen molar-refractivity contribution in [2.45, 2.75) is 44.2 Å². The largest absolute Gasteiger partial charge is 0.490 e. The first-order chi connectivity index (χ1) is 16.7. The highest BCUT2D eigenvalue weighted by Crippen LogP contribution is 2.27. The highest BCUT2D eigenvalue weighted by atomic mass is 32.1. The molecule has 8 nitrogen and oxygen atoms in total. The zero-order chi connectivity index (χ0) is 25.0. The first-order valence-electron chi connectivity index (χ1n) is 11.4. The van der Waals surface area contributed by atoms with Crippen molar-refractivity contribution in [1.82, 2.24) is 19.5 Å². The Balaban J connectivity index is 0.000000364. The number of aliphatic carboxylic acids is 1. The van der Waals surface area contributed by atoms with Crippen LogP contribution in [0.3, 0.4) is 0 Å². The number of carboxylic acids is 1. The third-order valence-electron chi connectivity index (χ3n) is 6.12. The van der Waals surface area contributed by atoms with Gasteiger partial charge in [0.1, 0.15) is 0 Å². The van der Waals surface area contributed by atoms with Crippen LogP contribution in [0, 0.1) is 0 Å². The van der Waals surface area contributed by atoms with Crippen LogP contribution in [0.5, 0.6) is 0 Å². The molecule has 0 aliphatic carbocycles. The second-order valence-corrected chi connectivity index (χ2v) is 9.42. The topological polar surface area (TPSA) is 91.0 Å². The Hall–Kier alpha value is -3.15. The van der Waals surface area contributed by atoms with Gasteiger partial charge in [0.05, 0.1) is 18.3 Å². The van der Waals surface area contributed by atoms with Crippen molar-refractivity contribution in [3.63, 3.8) is 0 Å². The van der Waals surface area contributed by atoms with Crippen LogP contribution in [0.2, 0.25) is 0 Å². The van der Waals surface area contributed by atoms with Gasteiger partial charge in [-0.2, -0.15) is 29.6 Å². The molecule has 1 N–H and O–H groups in total. The van der Waals surface area contributed by atoms with E-state index in [1.54, 1.807) is 11.3 Å². The van der Waals surface area contributed by atoms with Crippen molar-refractivity contribution >= 4 is 34.5 Å². The Morgan fingerprint density at radius 1 is 1.11 bits per heavy atom. The highest BCUT2D eigenvalue weighted by Gasteiger charge is 2.38. The normalized spacial score (nSPS) is 18.4. The molecule has 3 aromatic heterocycles. The van der Waals surface area contributed by atoms with Gasteiger partial charge in [0.15, 0.2) is 11.5 Å². The third kappa shape index (κ3) is 6.30. The van der Waals surface area contributed by atoms with Crippen LogP contribution in [-0.4, -0.2) is 68.8 Å². The molecule has 35 heavy (non-hydrogen) atoms. The molecule has 0 saturated carbocycles. The molecule has 2 saturated heterocycles. The van der Waals surface area contributed by atoms with Gasteiger partial charge in [0.2, 0.25) is 5.91 Å². The van der Waals surface area contributed by atoms with Gasteiger partial charge in [0.25, 0.3) is 0 Å². The number of carboxylic acid groups (broad SMARTS) is 1. The number of halogens is 3. The summed E-state index contributed by atoms with van der Waals surface area (Å²) in [5.41, 5.74) is 3.22. The summed E-state index contributed by atoms with van der Waals surface area (Å²) in [5, 5.41) is 16.0. The van der Waals surface area contributed by atoms with E-state index in [1.807, 2.05) is 20.9 Å². The number of fused-ring (bicyclic) bond motifs is 1. The molecule has 2 fully saturated rings. The molecule has 5 rings (SSSR count). The maximum atomic E-state index is 12.7. The second-order valence-electron chi connectivity index (χ2n) is 8.64. The number of likely N-dealkylation sites (tertiary alicyclic amines) is 1. The van der Waals surface area contributed by atoms with Crippen molar-refractivity contribution in [3.05, 3.63) is 46.5 Å². The van der Waals surface area contributed by atoms with E-state index in [9.17, 15) is 18.0 Å². The van der Waals surface area contributed by atoms with E-state index >= 15 is 0 Å². The number of piperidine rings is 1. The van der Waals surface area contributed by atoms with Crippen LogP contribution in [0.1, 0.15) is 43.0 Å². The number of carbonyl (C=O) groups excluding carboxylic acids is 1. The standard InChI is InChI=1S/C21H25N5OS.C2HF3O2/c27-20(12-16-7-11-28-15-16)25-10-3-4-17(13-25)21-22-19-6-5-18(14-26(19)23-21)24-8-1-2-9-24;3-2(4,5)1(6)7/h5-7,11,14-15,17H,1-4,8-10,12-13H2;(H,6,7). The summed E-state index contributed by atoms with van der Waals surface area (Å²) in [6.45, 7) is 3.80. The average molecular weight is 510 g/mol. The monoisotopic (exact) mass is 509 g/mol. The summed E-state index contributed by atoms with van der Waals surface area (Å²) < 4.78 is 33.6. The minimum absolute atomic E-state index is 0.211. The number of carbonyl (C=O) groups is 2. The molecule has 0 aromatic carbocycles. The quantitative estimate of drug-likeness (QED) is 0.572. The number of amides is 1. The molecule has 0 radical (unpaired) electrons. The second kappa shape index (κ2) is 10.6. The summed E-state index contributed by atoms with van der Waals surface area (Å²) in [4.78, 5) is 30.8. The predicted molar refractivity (Wildman–Crippen MR) is 125 cm³/mol. The van der Waals surface area contributed by atoms with Crippen LogP contribution in [0.4, 0.5) is 18.9 Å². The Kier molecular flexibility index (Phi) is 7.58. The van der Waals surface area contributed by atoms with E-state index in [2.05, 4.69) is 28.6 Å². The average Bonchev–Trinajstić information content (AvgIpc) is 3.60. The fourth-order valence-electron chi connectivity index (χ4n) is 4.32. The first-order valence-corrected chi connectivity index (χ1v) is 12.4. The van der Waals surface area contributed by atoms with Gasteiger partial charge in [-0.25, -0.2) is 14.3 Å². The predicted octanol–water partition coefficient (Wildman–Crippen LogP) is 3.97. The maximum absolute atomic E-state index is 12.7. The van der Waals surface area contributed by atoms with Crippen molar-refractivity contribution in [2.75, 3.05) is 31.1 Å². The third-order valence-corrected chi connectivity index (χ3v) is 6.85. The summed E-state index contributed by atoms with van der Waals surface area (Å²) >= 11 is 1.64. The SMILES string of the molecule is O=C(Cc1ccsc1)N1CCCC(c2nc3ccc(N4CCCC4)cn3n2)C1.O=C(O)C(F)(F)F. The molecule has 1 atom stereocenters. The molecule has 1 unspecified atom stereocenters. The van der Waals surface area contributed by atoms with Gasteiger partial charge < -0.3 is 14.9 Å². The molecule has 188 valence electrons. The molecule has 0 bridgehead atoms. The van der Waals surface area contributed by atoms with Gasteiger partial charge in [-0.3, -0.25) is 4.79 Å². The van der Waals surface area contributed by atoms with E-state index < -0.39 is 12.1 Å². The maximum Gasteiger partial charge on any atom is 0.490 e. The van der Waals surface area contributed by atoms with E-state index in [4.69, 9.17) is 20.0 Å². The lowest BCUT2D eigenvalue weighted by Gasteiger charge is -2.31. The minimum Gasteiger partial charge on any atom is -0.475 e. The lowest BCUT2D eigenvalue weighted by atomic mass is 9.97. The number of aromatic nitrogens is 3. The first kappa shape index (κ1) is 25.0. The number of alkyl halides is 3. The fraction of sp³-hybridized carbons (Fsp3) is 0.478. The van der Waals surface area contributed by atoms with Gasteiger partial charge in [-0.15, -0.1) is 0 Å². The van der Waals surface area contributed by atoms with Crippen LogP contribution in [-0.2, 0) is 16.0 Å². The Morgan fingerprint density at radius 2 is 1.86 bits per heavy atom. The Morgan fingerprint density at radius 3 is 2.51 bits per heavy atom. The van der Waals surface area contributed by atoms with E-state index in [-0.39, 0.29) is 11.8 Å². The lowest BCUT2D eigenvalue weighted by molar-refractivity contribution is -0.192. The number of hydrogen-bond acceptors (Lipinski definition) is 6. The number of anilines is 1.